The van der Waals surface area contributed by atoms with E-state index in [-0.39, 0.29) is 29.7 Å². The van der Waals surface area contributed by atoms with Gasteiger partial charge in [-0.3, -0.25) is 9.59 Å². The number of nitrogens with zero attached hydrogens (tertiary/aromatic N) is 2. The summed E-state index contributed by atoms with van der Waals surface area (Å²) in [6, 6.07) is 11.9. The van der Waals surface area contributed by atoms with E-state index in [1.54, 1.807) is 11.0 Å². The zero-order valence-electron chi connectivity index (χ0n) is 17.8. The Morgan fingerprint density at radius 3 is 2.85 bits per heavy atom. The first kappa shape index (κ1) is 21.3. The van der Waals surface area contributed by atoms with Gasteiger partial charge in [0.25, 0.3) is 11.8 Å². The van der Waals surface area contributed by atoms with Gasteiger partial charge in [-0.25, -0.2) is 4.39 Å². The third-order valence-corrected chi connectivity index (χ3v) is 6.05. The molecule has 0 bridgehead atoms. The van der Waals surface area contributed by atoms with Crippen molar-refractivity contribution in [3.8, 4) is 22.8 Å². The smallest absolute Gasteiger partial charge is 0.262 e. The number of aromatic nitrogens is 1. The van der Waals surface area contributed by atoms with Gasteiger partial charge in [0, 0.05) is 48.9 Å². The molecule has 0 unspecified atom stereocenters. The molecular formula is C24H21ClFN3O4. The number of nitrogens with one attached hydrogen (secondary N) is 1. The molecule has 1 saturated heterocycles. The Morgan fingerprint density at radius 2 is 2.09 bits per heavy atom. The maximum atomic E-state index is 14.5. The molecule has 1 aromatic heterocycles. The maximum absolute atomic E-state index is 14.5. The van der Waals surface area contributed by atoms with Crippen molar-refractivity contribution in [1.29, 1.82) is 0 Å². The van der Waals surface area contributed by atoms with Crippen molar-refractivity contribution in [3.63, 3.8) is 0 Å². The van der Waals surface area contributed by atoms with E-state index in [9.17, 15) is 14.0 Å². The predicted molar refractivity (Wildman–Crippen MR) is 121 cm³/mol. The fourth-order valence-electron chi connectivity index (χ4n) is 4.05. The molecule has 0 aliphatic carbocycles. The lowest BCUT2D eigenvalue weighted by molar-refractivity contribution is -0.118. The van der Waals surface area contributed by atoms with Crippen LogP contribution in [0.2, 0.25) is 5.02 Å². The van der Waals surface area contributed by atoms with Gasteiger partial charge in [-0.1, -0.05) is 11.6 Å². The Balaban J connectivity index is 1.23. The van der Waals surface area contributed by atoms with Crippen LogP contribution in [0, 0.1) is 11.7 Å². The lowest BCUT2D eigenvalue weighted by atomic mass is 9.99. The molecule has 0 atom stereocenters. The Hall–Kier alpha value is -3.52. The molecule has 0 spiro atoms. The number of benzene rings is 2. The summed E-state index contributed by atoms with van der Waals surface area (Å²) in [7, 11) is 1.95. The van der Waals surface area contributed by atoms with Crippen LogP contribution in [0.4, 0.5) is 10.1 Å². The second-order valence-electron chi connectivity index (χ2n) is 8.20. The third kappa shape index (κ3) is 4.14. The Kier molecular flexibility index (Phi) is 5.46. The number of halogens is 2. The van der Waals surface area contributed by atoms with E-state index in [4.69, 9.17) is 21.1 Å². The molecule has 0 radical (unpaired) electrons. The molecule has 2 aliphatic rings. The molecule has 1 N–H and O–H groups in total. The number of likely N-dealkylation sites (tertiary alicyclic amines) is 1. The number of ether oxygens (including phenoxy) is 2. The van der Waals surface area contributed by atoms with Crippen molar-refractivity contribution in [2.75, 3.05) is 31.6 Å². The highest BCUT2D eigenvalue weighted by molar-refractivity contribution is 6.31. The van der Waals surface area contributed by atoms with Gasteiger partial charge < -0.3 is 24.3 Å². The first-order valence-corrected chi connectivity index (χ1v) is 10.9. The van der Waals surface area contributed by atoms with Gasteiger partial charge in [-0.2, -0.15) is 0 Å². The number of anilines is 1. The van der Waals surface area contributed by atoms with Crippen molar-refractivity contribution < 1.29 is 23.5 Å². The summed E-state index contributed by atoms with van der Waals surface area (Å²) >= 11 is 6.19. The number of carbonyl (C=O) groups is 2. The van der Waals surface area contributed by atoms with E-state index >= 15 is 0 Å². The third-order valence-electron chi connectivity index (χ3n) is 5.81. The molecule has 170 valence electrons. The van der Waals surface area contributed by atoms with Crippen molar-refractivity contribution in [2.24, 2.45) is 13.0 Å². The van der Waals surface area contributed by atoms with E-state index < -0.39 is 11.7 Å². The Labute approximate surface area is 194 Å². The van der Waals surface area contributed by atoms with Crippen LogP contribution >= 0.6 is 11.6 Å². The van der Waals surface area contributed by atoms with E-state index in [1.165, 1.54) is 6.07 Å². The van der Waals surface area contributed by atoms with E-state index in [0.717, 1.165) is 17.3 Å². The molecule has 2 aliphatic heterocycles. The van der Waals surface area contributed by atoms with Gasteiger partial charge in [0.1, 0.15) is 17.3 Å². The van der Waals surface area contributed by atoms with Crippen molar-refractivity contribution in [2.45, 2.75) is 0 Å². The Morgan fingerprint density at radius 1 is 1.27 bits per heavy atom. The van der Waals surface area contributed by atoms with E-state index in [0.29, 0.717) is 36.2 Å². The minimum atomic E-state index is -0.678. The molecule has 0 saturated carbocycles. The lowest BCUT2D eigenvalue weighted by Gasteiger charge is -2.39. The fourth-order valence-corrected chi connectivity index (χ4v) is 4.23. The highest BCUT2D eigenvalue weighted by Gasteiger charge is 2.34. The highest BCUT2D eigenvalue weighted by atomic mass is 35.5. The molecule has 2 aromatic carbocycles. The van der Waals surface area contributed by atoms with Crippen molar-refractivity contribution >= 4 is 29.1 Å². The van der Waals surface area contributed by atoms with Gasteiger partial charge >= 0.3 is 0 Å². The summed E-state index contributed by atoms with van der Waals surface area (Å²) < 4.78 is 27.7. The number of rotatable bonds is 5. The normalized spacial score (nSPS) is 15.4. The van der Waals surface area contributed by atoms with Gasteiger partial charge in [-0.05, 0) is 36.4 Å². The molecule has 9 heteroatoms. The SMILES string of the molecule is Cn1cccc1-c1cc(Cl)ccc1OCC1CN(C(=O)c2cc3c(cc2F)OCC(=O)N3)C1. The number of carbonyl (C=O) groups excluding carboxylic acids is 2. The number of fused-ring (bicyclic) bond motifs is 1. The average molecular weight is 470 g/mol. The number of amides is 2. The number of hydrogen-bond donors (Lipinski definition) is 1. The number of aryl methyl sites for hydroxylation is 1. The van der Waals surface area contributed by atoms with Crippen LogP contribution in [0.5, 0.6) is 11.5 Å². The molecule has 33 heavy (non-hydrogen) atoms. The average Bonchev–Trinajstić information content (AvgIpc) is 3.18. The van der Waals surface area contributed by atoms with Crippen LogP contribution in [-0.2, 0) is 11.8 Å². The van der Waals surface area contributed by atoms with Crippen LogP contribution in [0.15, 0.2) is 48.7 Å². The monoisotopic (exact) mass is 469 g/mol. The Bertz CT molecular complexity index is 1250. The van der Waals surface area contributed by atoms with Crippen LogP contribution in [0.25, 0.3) is 11.3 Å². The van der Waals surface area contributed by atoms with E-state index in [2.05, 4.69) is 5.32 Å². The van der Waals surface area contributed by atoms with Crippen LogP contribution in [-0.4, -0.2) is 47.6 Å². The molecule has 2 amide bonds. The first-order valence-electron chi connectivity index (χ1n) is 10.5. The van der Waals surface area contributed by atoms with Gasteiger partial charge in [0.2, 0.25) is 0 Å². The highest BCUT2D eigenvalue weighted by Crippen LogP contribution is 2.34. The summed E-state index contributed by atoms with van der Waals surface area (Å²) in [5.41, 5.74) is 2.08. The largest absolute Gasteiger partial charge is 0.492 e. The molecule has 3 aromatic rings. The zero-order valence-corrected chi connectivity index (χ0v) is 18.6. The van der Waals surface area contributed by atoms with Crippen LogP contribution < -0.4 is 14.8 Å². The fraction of sp³-hybridized carbons (Fsp3) is 0.250. The summed E-state index contributed by atoms with van der Waals surface area (Å²) in [6.45, 7) is 1.14. The molecule has 5 rings (SSSR count). The predicted octanol–water partition coefficient (Wildman–Crippen LogP) is 3.97. The summed E-state index contributed by atoms with van der Waals surface area (Å²) in [4.78, 5) is 25.9. The van der Waals surface area contributed by atoms with Crippen LogP contribution in [0.3, 0.4) is 0 Å². The minimum Gasteiger partial charge on any atom is -0.492 e. The second-order valence-corrected chi connectivity index (χ2v) is 8.63. The quantitative estimate of drug-likeness (QED) is 0.613. The van der Waals surface area contributed by atoms with Gasteiger partial charge in [0.15, 0.2) is 6.61 Å². The molecule has 7 nitrogen and oxygen atoms in total. The standard InChI is InChI=1S/C24H21ClFN3O4/c1-28-6-2-3-20(28)17-7-15(25)4-5-21(17)32-12-14-10-29(11-14)24(31)16-8-19-22(9-18(16)26)33-13-23(30)27-19/h2-9,14H,10-13H2,1H3,(H,27,30). The minimum absolute atomic E-state index is 0.0948. The zero-order chi connectivity index (χ0) is 23.1. The molecular weight excluding hydrogens is 449 g/mol. The van der Waals surface area contributed by atoms with Gasteiger partial charge in [0.05, 0.1) is 23.6 Å². The number of hydrogen-bond acceptors (Lipinski definition) is 4. The van der Waals surface area contributed by atoms with Gasteiger partial charge in [-0.15, -0.1) is 0 Å². The summed E-state index contributed by atoms with van der Waals surface area (Å²) in [5, 5.41) is 3.21. The topological polar surface area (TPSA) is 72.8 Å². The summed E-state index contributed by atoms with van der Waals surface area (Å²) in [6.07, 6.45) is 1.95. The van der Waals surface area contributed by atoms with Crippen molar-refractivity contribution in [1.82, 2.24) is 9.47 Å². The molecule has 3 heterocycles. The van der Waals surface area contributed by atoms with Crippen molar-refractivity contribution in [3.05, 3.63) is 65.1 Å². The molecule has 1 fully saturated rings. The van der Waals surface area contributed by atoms with E-state index in [1.807, 2.05) is 42.1 Å². The lowest BCUT2D eigenvalue weighted by Crippen LogP contribution is -2.52. The first-order chi connectivity index (χ1) is 15.9. The van der Waals surface area contributed by atoms with Crippen LogP contribution in [0.1, 0.15) is 10.4 Å². The maximum Gasteiger partial charge on any atom is 0.262 e. The second kappa shape index (κ2) is 8.44. The summed E-state index contributed by atoms with van der Waals surface area (Å²) in [5.74, 6) is -0.400.